The van der Waals surface area contributed by atoms with Crippen LogP contribution in [-0.4, -0.2) is 23.1 Å². The van der Waals surface area contributed by atoms with Crippen LogP contribution in [0.25, 0.3) is 21.7 Å². The molecule has 0 aliphatic carbocycles. The van der Waals surface area contributed by atoms with Crippen molar-refractivity contribution >= 4 is 21.7 Å². The van der Waals surface area contributed by atoms with Crippen molar-refractivity contribution in [1.29, 1.82) is 0 Å². The molecule has 5 nitrogen and oxygen atoms in total. The lowest BCUT2D eigenvalue weighted by Gasteiger charge is -2.21. The normalized spacial score (nSPS) is 11.8. The Kier molecular flexibility index (Phi) is 6.66. The number of fused-ring (bicyclic) bond motifs is 2. The van der Waals surface area contributed by atoms with E-state index in [4.69, 9.17) is 9.15 Å². The number of aromatic hydroxyl groups is 1. The second-order valence-corrected chi connectivity index (χ2v) is 7.91. The summed E-state index contributed by atoms with van der Waals surface area (Å²) in [7, 11) is 0. The quantitative estimate of drug-likeness (QED) is 0.286. The first-order valence-electron chi connectivity index (χ1n) is 10.7. The minimum absolute atomic E-state index is 0.00628. The molecule has 8 heteroatoms. The van der Waals surface area contributed by atoms with Crippen LogP contribution in [0.3, 0.4) is 0 Å². The van der Waals surface area contributed by atoms with E-state index in [1.54, 1.807) is 41.3 Å². The van der Waals surface area contributed by atoms with E-state index in [9.17, 15) is 23.1 Å². The van der Waals surface area contributed by atoms with Crippen molar-refractivity contribution in [2.45, 2.75) is 12.7 Å². The molecule has 180 valence electrons. The lowest BCUT2D eigenvalue weighted by Crippen LogP contribution is -2.24. The molecule has 1 heterocycles. The standard InChI is InChI=1S/C27H22F3NO4/c1-3-13-31(14-4-2)16-21-22(32)12-11-20-23(33)25(26(27(28,29)30)35-24(20)21)34-19-10-9-17-7-5-6-8-18(17)15-19/h3-12,15,32H,1-2,13-14,16H2. The van der Waals surface area contributed by atoms with E-state index >= 15 is 0 Å². The molecule has 35 heavy (non-hydrogen) atoms. The Morgan fingerprint density at radius 1 is 1.00 bits per heavy atom. The van der Waals surface area contributed by atoms with Crippen LogP contribution >= 0.6 is 0 Å². The zero-order chi connectivity index (χ0) is 25.2. The predicted octanol–water partition coefficient (Wildman–Crippen LogP) is 6.64. The molecule has 0 saturated heterocycles. The molecular weight excluding hydrogens is 459 g/mol. The van der Waals surface area contributed by atoms with Gasteiger partial charge in [-0.1, -0.05) is 42.5 Å². The molecule has 0 aliphatic rings. The van der Waals surface area contributed by atoms with E-state index < -0.39 is 23.1 Å². The van der Waals surface area contributed by atoms with Gasteiger partial charge in [0.1, 0.15) is 17.1 Å². The fourth-order valence-corrected chi connectivity index (χ4v) is 3.86. The Morgan fingerprint density at radius 2 is 1.69 bits per heavy atom. The van der Waals surface area contributed by atoms with Crippen molar-refractivity contribution in [3.63, 3.8) is 0 Å². The maximum absolute atomic E-state index is 14.0. The minimum Gasteiger partial charge on any atom is -0.507 e. The van der Waals surface area contributed by atoms with Crippen LogP contribution < -0.4 is 10.2 Å². The number of rotatable bonds is 8. The number of alkyl halides is 3. The Bertz CT molecular complexity index is 1460. The van der Waals surface area contributed by atoms with Crippen LogP contribution in [0, 0.1) is 0 Å². The largest absolute Gasteiger partial charge is 0.507 e. The van der Waals surface area contributed by atoms with Crippen LogP contribution in [0.15, 0.2) is 89.1 Å². The van der Waals surface area contributed by atoms with Gasteiger partial charge in [-0.25, -0.2) is 0 Å². The van der Waals surface area contributed by atoms with E-state index in [2.05, 4.69) is 13.2 Å². The predicted molar refractivity (Wildman–Crippen MR) is 129 cm³/mol. The second kappa shape index (κ2) is 9.68. The number of phenols is 1. The first-order chi connectivity index (χ1) is 16.7. The van der Waals surface area contributed by atoms with Crippen LogP contribution in [0.4, 0.5) is 13.2 Å². The molecule has 1 N–H and O–H groups in total. The third-order valence-electron chi connectivity index (χ3n) is 5.45. The third kappa shape index (κ3) is 4.93. The summed E-state index contributed by atoms with van der Waals surface area (Å²) in [5, 5.41) is 11.9. The monoisotopic (exact) mass is 481 g/mol. The van der Waals surface area contributed by atoms with Crippen LogP contribution in [-0.2, 0) is 12.7 Å². The fraction of sp³-hybridized carbons (Fsp3) is 0.148. The Labute approximate surface area is 199 Å². The Morgan fingerprint density at radius 3 is 2.34 bits per heavy atom. The molecule has 4 aromatic rings. The van der Waals surface area contributed by atoms with Crippen molar-refractivity contribution in [3.8, 4) is 17.2 Å². The first-order valence-corrected chi connectivity index (χ1v) is 10.7. The molecule has 0 saturated carbocycles. The minimum atomic E-state index is -5.02. The average molecular weight is 481 g/mol. The van der Waals surface area contributed by atoms with Crippen molar-refractivity contribution in [2.75, 3.05) is 13.1 Å². The topological polar surface area (TPSA) is 62.9 Å². The average Bonchev–Trinajstić information content (AvgIpc) is 2.82. The van der Waals surface area contributed by atoms with Gasteiger partial charge in [0.25, 0.3) is 5.76 Å². The lowest BCUT2D eigenvalue weighted by atomic mass is 10.1. The van der Waals surface area contributed by atoms with Gasteiger partial charge in [0.15, 0.2) is 0 Å². The van der Waals surface area contributed by atoms with E-state index in [1.807, 2.05) is 12.1 Å². The highest BCUT2D eigenvalue weighted by Gasteiger charge is 2.41. The summed E-state index contributed by atoms with van der Waals surface area (Å²) >= 11 is 0. The zero-order valence-electron chi connectivity index (χ0n) is 18.6. The number of benzene rings is 3. The number of hydrogen-bond donors (Lipinski definition) is 1. The SMILES string of the molecule is C=CCN(CC=C)Cc1c(O)ccc2c(=O)c(Oc3ccc4ccccc4c3)c(C(F)(F)F)oc12. The lowest BCUT2D eigenvalue weighted by molar-refractivity contribution is -0.154. The van der Waals surface area contributed by atoms with Crippen molar-refractivity contribution in [2.24, 2.45) is 0 Å². The number of hydrogen-bond acceptors (Lipinski definition) is 5. The molecule has 0 atom stereocenters. The van der Waals surface area contributed by atoms with E-state index in [0.717, 1.165) is 10.8 Å². The van der Waals surface area contributed by atoms with Gasteiger partial charge in [-0.3, -0.25) is 9.69 Å². The zero-order valence-corrected chi connectivity index (χ0v) is 18.6. The molecule has 0 fully saturated rings. The van der Waals surface area contributed by atoms with Crippen molar-refractivity contribution in [3.05, 3.63) is 101 Å². The summed E-state index contributed by atoms with van der Waals surface area (Å²) in [6.07, 6.45) is -1.80. The van der Waals surface area contributed by atoms with E-state index in [1.165, 1.54) is 18.2 Å². The number of phenolic OH excluding ortho intramolecular Hbond substituents is 1. The van der Waals surface area contributed by atoms with Gasteiger partial charge in [0.2, 0.25) is 11.2 Å². The first kappa shape index (κ1) is 24.1. The van der Waals surface area contributed by atoms with Gasteiger partial charge >= 0.3 is 6.18 Å². The maximum Gasteiger partial charge on any atom is 0.453 e. The fourth-order valence-electron chi connectivity index (χ4n) is 3.86. The van der Waals surface area contributed by atoms with Gasteiger partial charge < -0.3 is 14.3 Å². The summed E-state index contributed by atoms with van der Waals surface area (Å²) in [6, 6.07) is 14.4. The number of nitrogens with zero attached hydrogens (tertiary/aromatic N) is 1. The highest BCUT2D eigenvalue weighted by atomic mass is 19.4. The summed E-state index contributed by atoms with van der Waals surface area (Å²) in [6.45, 7) is 8.08. The number of halogens is 3. The van der Waals surface area contributed by atoms with Crippen LogP contribution in [0.1, 0.15) is 11.3 Å². The summed E-state index contributed by atoms with van der Waals surface area (Å²) in [5.74, 6) is -2.78. The van der Waals surface area contributed by atoms with Gasteiger partial charge in [0, 0.05) is 19.6 Å². The van der Waals surface area contributed by atoms with Crippen LogP contribution in [0.2, 0.25) is 0 Å². The Hall–Kier alpha value is -4.04. The van der Waals surface area contributed by atoms with E-state index in [-0.39, 0.29) is 34.6 Å². The summed E-state index contributed by atoms with van der Waals surface area (Å²) in [4.78, 5) is 15.0. The van der Waals surface area contributed by atoms with Gasteiger partial charge in [-0.2, -0.15) is 13.2 Å². The second-order valence-electron chi connectivity index (χ2n) is 7.91. The van der Waals surface area contributed by atoms with Crippen molar-refractivity contribution < 1.29 is 27.4 Å². The maximum atomic E-state index is 14.0. The molecule has 0 bridgehead atoms. The van der Waals surface area contributed by atoms with Gasteiger partial charge in [0.05, 0.1) is 10.9 Å². The number of ether oxygens (including phenoxy) is 1. The molecule has 1 aromatic heterocycles. The molecular formula is C27H22F3NO4. The molecule has 0 unspecified atom stereocenters. The third-order valence-corrected chi connectivity index (χ3v) is 5.45. The van der Waals surface area contributed by atoms with Gasteiger partial charge in [-0.15, -0.1) is 13.2 Å². The Balaban J connectivity index is 1.89. The molecule has 0 amide bonds. The highest BCUT2D eigenvalue weighted by molar-refractivity contribution is 5.85. The van der Waals surface area contributed by atoms with E-state index in [0.29, 0.717) is 13.1 Å². The molecule has 0 spiro atoms. The van der Waals surface area contributed by atoms with Crippen LogP contribution in [0.5, 0.6) is 17.2 Å². The molecule has 3 aromatic carbocycles. The van der Waals surface area contributed by atoms with Gasteiger partial charge in [-0.05, 0) is 35.0 Å². The highest BCUT2D eigenvalue weighted by Crippen LogP contribution is 2.40. The smallest absolute Gasteiger partial charge is 0.453 e. The summed E-state index contributed by atoms with van der Waals surface area (Å²) < 4.78 is 52.9. The molecule has 0 radical (unpaired) electrons. The molecule has 0 aliphatic heterocycles. The van der Waals surface area contributed by atoms with Crippen molar-refractivity contribution in [1.82, 2.24) is 4.90 Å². The molecule has 4 rings (SSSR count). The summed E-state index contributed by atoms with van der Waals surface area (Å²) in [5.41, 5.74) is -1.30.